The van der Waals surface area contributed by atoms with E-state index in [1.165, 1.54) is 43.2 Å². The van der Waals surface area contributed by atoms with E-state index in [0.717, 1.165) is 23.7 Å². The van der Waals surface area contributed by atoms with Gasteiger partial charge in [-0.15, -0.1) is 0 Å². The molecule has 1 aromatic rings. The first-order valence-corrected chi connectivity index (χ1v) is 8.27. The molecule has 4 fully saturated rings. The number of ketones is 1. The molecule has 4 aliphatic carbocycles. The quantitative estimate of drug-likeness (QED) is 0.803. The summed E-state index contributed by atoms with van der Waals surface area (Å²) < 4.78 is 0. The van der Waals surface area contributed by atoms with Crippen LogP contribution in [0.25, 0.3) is 0 Å². The summed E-state index contributed by atoms with van der Waals surface area (Å²) in [5.41, 5.74) is 2.48. The molecule has 0 aliphatic heterocycles. The normalized spacial score (nSPS) is 38.1. The van der Waals surface area contributed by atoms with Gasteiger partial charge in [-0.2, -0.15) is 0 Å². The van der Waals surface area contributed by atoms with Gasteiger partial charge >= 0.3 is 0 Å². The van der Waals surface area contributed by atoms with Gasteiger partial charge in [0, 0.05) is 12.3 Å². The summed E-state index contributed by atoms with van der Waals surface area (Å²) in [6, 6.07) is 8.51. The molecule has 0 unspecified atom stereocenters. The molecule has 4 saturated carbocycles. The smallest absolute Gasteiger partial charge is 0.140 e. The molecule has 20 heavy (non-hydrogen) atoms. The van der Waals surface area contributed by atoms with Crippen LogP contribution in [-0.2, 0) is 11.2 Å². The van der Waals surface area contributed by atoms with Crippen molar-refractivity contribution in [2.45, 2.75) is 45.4 Å². The number of aryl methyl sites for hydroxylation is 1. The Bertz CT molecular complexity index is 485. The Morgan fingerprint density at radius 1 is 0.950 bits per heavy atom. The number of benzene rings is 1. The maximum Gasteiger partial charge on any atom is 0.140 e. The number of carbonyl (C=O) groups is 1. The third kappa shape index (κ3) is 2.12. The molecule has 0 atom stereocenters. The van der Waals surface area contributed by atoms with Crippen molar-refractivity contribution in [3.05, 3.63) is 35.4 Å². The highest BCUT2D eigenvalue weighted by Gasteiger charge is 2.50. The topological polar surface area (TPSA) is 17.1 Å². The van der Waals surface area contributed by atoms with Gasteiger partial charge in [0.15, 0.2) is 0 Å². The van der Waals surface area contributed by atoms with Crippen molar-refractivity contribution in [3.8, 4) is 0 Å². The lowest BCUT2D eigenvalue weighted by Crippen LogP contribution is -2.48. The lowest BCUT2D eigenvalue weighted by atomic mass is 9.51. The molecule has 0 heterocycles. The molecular weight excluding hydrogens is 244 g/mol. The Morgan fingerprint density at radius 2 is 1.50 bits per heavy atom. The molecule has 0 saturated heterocycles. The molecule has 1 nitrogen and oxygen atoms in total. The van der Waals surface area contributed by atoms with Gasteiger partial charge < -0.3 is 0 Å². The van der Waals surface area contributed by atoms with Crippen LogP contribution in [-0.4, -0.2) is 5.78 Å². The molecule has 0 aromatic heterocycles. The van der Waals surface area contributed by atoms with Crippen molar-refractivity contribution >= 4 is 5.78 Å². The van der Waals surface area contributed by atoms with E-state index in [1.807, 2.05) is 0 Å². The Hall–Kier alpha value is -1.11. The van der Waals surface area contributed by atoms with E-state index >= 15 is 0 Å². The first-order chi connectivity index (χ1) is 9.69. The SMILES string of the molecule is Cc1ccc(CC(=O)C2C3CC4CC(C3)CC2C4)cc1. The third-order valence-electron chi connectivity index (χ3n) is 6.10. The van der Waals surface area contributed by atoms with Crippen LogP contribution in [0.1, 0.15) is 43.2 Å². The van der Waals surface area contributed by atoms with Gasteiger partial charge in [-0.1, -0.05) is 29.8 Å². The Kier molecular flexibility index (Phi) is 2.98. The Labute approximate surface area is 121 Å². The Balaban J connectivity index is 1.50. The van der Waals surface area contributed by atoms with Crippen LogP contribution in [0.5, 0.6) is 0 Å². The number of hydrogen-bond donors (Lipinski definition) is 0. The zero-order valence-corrected chi connectivity index (χ0v) is 12.3. The van der Waals surface area contributed by atoms with E-state index < -0.39 is 0 Å². The molecule has 0 spiro atoms. The van der Waals surface area contributed by atoms with Crippen molar-refractivity contribution < 1.29 is 4.79 Å². The monoisotopic (exact) mass is 268 g/mol. The Morgan fingerprint density at radius 3 is 2.05 bits per heavy atom. The third-order valence-corrected chi connectivity index (χ3v) is 6.10. The highest BCUT2D eigenvalue weighted by Crippen LogP contribution is 2.56. The van der Waals surface area contributed by atoms with Crippen LogP contribution in [0, 0.1) is 36.5 Å². The van der Waals surface area contributed by atoms with Gasteiger partial charge in [0.25, 0.3) is 0 Å². The number of Topliss-reactive ketones (excluding diaryl/α,β-unsaturated/α-hetero) is 1. The van der Waals surface area contributed by atoms with Gasteiger partial charge in [0.1, 0.15) is 5.78 Å². The molecule has 5 rings (SSSR count). The number of carbonyl (C=O) groups excluding carboxylic acids is 1. The van der Waals surface area contributed by atoms with E-state index in [9.17, 15) is 4.79 Å². The van der Waals surface area contributed by atoms with Crippen molar-refractivity contribution in [3.63, 3.8) is 0 Å². The summed E-state index contributed by atoms with van der Waals surface area (Å²) in [6.45, 7) is 2.10. The summed E-state index contributed by atoms with van der Waals surface area (Å²) in [6.07, 6.45) is 7.50. The molecule has 1 heteroatoms. The lowest BCUT2D eigenvalue weighted by molar-refractivity contribution is -0.135. The first kappa shape index (κ1) is 12.6. The van der Waals surface area contributed by atoms with Crippen LogP contribution < -0.4 is 0 Å². The van der Waals surface area contributed by atoms with Gasteiger partial charge in [0.05, 0.1) is 0 Å². The van der Waals surface area contributed by atoms with E-state index in [2.05, 4.69) is 31.2 Å². The van der Waals surface area contributed by atoms with Crippen LogP contribution in [0.3, 0.4) is 0 Å². The van der Waals surface area contributed by atoms with E-state index in [4.69, 9.17) is 0 Å². The van der Waals surface area contributed by atoms with E-state index in [-0.39, 0.29) is 0 Å². The highest BCUT2D eigenvalue weighted by molar-refractivity contribution is 5.84. The number of hydrogen-bond acceptors (Lipinski definition) is 1. The minimum Gasteiger partial charge on any atom is -0.299 e. The summed E-state index contributed by atoms with van der Waals surface area (Å²) in [4.78, 5) is 12.8. The number of rotatable bonds is 3. The second-order valence-corrected chi connectivity index (χ2v) is 7.59. The van der Waals surface area contributed by atoms with Crippen molar-refractivity contribution in [1.29, 1.82) is 0 Å². The zero-order chi connectivity index (χ0) is 13.7. The van der Waals surface area contributed by atoms with E-state index in [0.29, 0.717) is 18.1 Å². The molecule has 0 N–H and O–H groups in total. The summed E-state index contributed by atoms with van der Waals surface area (Å²) >= 11 is 0. The maximum absolute atomic E-state index is 12.8. The van der Waals surface area contributed by atoms with Gasteiger partial charge in [0.2, 0.25) is 0 Å². The first-order valence-electron chi connectivity index (χ1n) is 8.27. The largest absolute Gasteiger partial charge is 0.299 e. The zero-order valence-electron chi connectivity index (χ0n) is 12.3. The van der Waals surface area contributed by atoms with Crippen molar-refractivity contribution in [2.75, 3.05) is 0 Å². The fourth-order valence-electron chi connectivity index (χ4n) is 5.48. The lowest BCUT2D eigenvalue weighted by Gasteiger charge is -2.53. The van der Waals surface area contributed by atoms with Gasteiger partial charge in [-0.05, 0) is 68.3 Å². The molecule has 1 aromatic carbocycles. The molecule has 0 amide bonds. The van der Waals surface area contributed by atoms with Crippen LogP contribution in [0.2, 0.25) is 0 Å². The molecule has 106 valence electrons. The summed E-state index contributed by atoms with van der Waals surface area (Å²) in [5, 5.41) is 0. The average Bonchev–Trinajstić information content (AvgIpc) is 2.40. The van der Waals surface area contributed by atoms with Crippen LogP contribution in [0.15, 0.2) is 24.3 Å². The fourth-order valence-corrected chi connectivity index (χ4v) is 5.48. The van der Waals surface area contributed by atoms with E-state index in [1.54, 1.807) is 0 Å². The predicted octanol–water partition coefficient (Wildman–Crippen LogP) is 4.18. The fraction of sp³-hybridized carbons (Fsp3) is 0.632. The second kappa shape index (κ2) is 4.72. The summed E-state index contributed by atoms with van der Waals surface area (Å²) in [5.74, 6) is 4.29. The van der Waals surface area contributed by atoms with Gasteiger partial charge in [-0.3, -0.25) is 4.79 Å². The van der Waals surface area contributed by atoms with Crippen LogP contribution >= 0.6 is 0 Å². The molecule has 4 bridgehead atoms. The molecular formula is C19H24O. The minimum atomic E-state index is 0.393. The predicted molar refractivity (Wildman–Crippen MR) is 80.4 cm³/mol. The minimum absolute atomic E-state index is 0.393. The van der Waals surface area contributed by atoms with Gasteiger partial charge in [-0.25, -0.2) is 0 Å². The highest BCUT2D eigenvalue weighted by atomic mass is 16.1. The van der Waals surface area contributed by atoms with Crippen LogP contribution in [0.4, 0.5) is 0 Å². The average molecular weight is 268 g/mol. The van der Waals surface area contributed by atoms with Crippen molar-refractivity contribution in [2.24, 2.45) is 29.6 Å². The van der Waals surface area contributed by atoms with Crippen molar-refractivity contribution in [1.82, 2.24) is 0 Å². The maximum atomic E-state index is 12.8. The second-order valence-electron chi connectivity index (χ2n) is 7.59. The molecule has 4 aliphatic rings. The summed E-state index contributed by atoms with van der Waals surface area (Å²) in [7, 11) is 0. The standard InChI is InChI=1S/C19H24O/c1-12-2-4-13(5-3-12)11-18(20)19-16-7-14-6-15(9-16)10-17(19)8-14/h2-5,14-17,19H,6-11H2,1H3. The molecule has 0 radical (unpaired) electrons.